The van der Waals surface area contributed by atoms with Crippen molar-refractivity contribution in [2.75, 3.05) is 30.6 Å². The molecule has 390 valence electrons. The zero-order valence-electron chi connectivity index (χ0n) is 40.2. The third-order valence-corrected chi connectivity index (χ3v) is 11.5. The minimum absolute atomic E-state index is 0.0456. The number of carboxylic acid groups (broad SMARTS) is 2. The summed E-state index contributed by atoms with van der Waals surface area (Å²) in [5.74, 6) is -9.77. The molecule has 0 bridgehead atoms. The van der Waals surface area contributed by atoms with E-state index in [-0.39, 0.29) is 30.9 Å². The number of amides is 8. The van der Waals surface area contributed by atoms with Crippen LogP contribution in [-0.4, -0.2) is 181 Å². The average molecular weight is 1020 g/mol. The van der Waals surface area contributed by atoms with Gasteiger partial charge < -0.3 is 73.7 Å². The van der Waals surface area contributed by atoms with Crippen molar-refractivity contribution >= 4 is 82.7 Å². The van der Waals surface area contributed by atoms with Gasteiger partial charge in [0, 0.05) is 24.7 Å². The lowest BCUT2D eigenvalue weighted by Crippen LogP contribution is -2.62. The van der Waals surface area contributed by atoms with Gasteiger partial charge in [-0.15, -0.1) is 0 Å². The number of aromatic amines is 1. The van der Waals surface area contributed by atoms with Gasteiger partial charge in [0.05, 0.1) is 31.1 Å². The van der Waals surface area contributed by atoms with Crippen LogP contribution in [0.15, 0.2) is 12.5 Å². The van der Waals surface area contributed by atoms with Crippen LogP contribution in [0.2, 0.25) is 0 Å². The fraction of sp³-hybridized carbons (Fsp3) is 0.690. The van der Waals surface area contributed by atoms with Gasteiger partial charge in [0.1, 0.15) is 42.3 Å². The average Bonchev–Trinajstić information content (AvgIpc) is 3.79. The second kappa shape index (κ2) is 31.6. The Kier molecular flexibility index (Phi) is 28.2. The molecule has 1 heterocycles. The Morgan fingerprint density at radius 1 is 0.623 bits per heavy atom. The number of aliphatic hydroxyl groups excluding tert-OH is 2. The van der Waals surface area contributed by atoms with Gasteiger partial charge in [-0.1, -0.05) is 27.7 Å². The van der Waals surface area contributed by atoms with E-state index in [2.05, 4.69) is 52.5 Å². The third-order valence-electron chi connectivity index (χ3n) is 10.2. The minimum Gasteiger partial charge on any atom is -0.481 e. The Morgan fingerprint density at radius 2 is 1.12 bits per heavy atom. The number of nitrogens with one attached hydrogen (secondary N) is 9. The largest absolute Gasteiger partial charge is 0.481 e. The highest BCUT2D eigenvalue weighted by Crippen LogP contribution is 2.10. The molecule has 8 amide bonds. The van der Waals surface area contributed by atoms with Crippen LogP contribution in [0.3, 0.4) is 0 Å². The van der Waals surface area contributed by atoms with E-state index in [0.717, 1.165) is 6.92 Å². The van der Waals surface area contributed by atoms with Crippen molar-refractivity contribution in [3.63, 3.8) is 0 Å². The molecule has 0 radical (unpaired) electrons. The van der Waals surface area contributed by atoms with Crippen LogP contribution in [0.5, 0.6) is 0 Å². The SMILES string of the molecule is CSCCC(N)C(=O)NC(CC(C)C)C(=O)NCC(=O)NC(C(=O)NC(Cc1cnc[nH]1)C(=O)NC(C(=O)NC(CCSC)C(=O)NC(CCC(=O)O)C(=O)NC(C(=O)O)C(C)C)C(C)O)C(C)O. The van der Waals surface area contributed by atoms with Crippen molar-refractivity contribution < 1.29 is 68.4 Å². The molecule has 0 saturated carbocycles. The Hall–Kier alpha value is -5.51. The predicted molar refractivity (Wildman–Crippen MR) is 255 cm³/mol. The van der Waals surface area contributed by atoms with Crippen LogP contribution in [0, 0.1) is 11.8 Å². The van der Waals surface area contributed by atoms with Gasteiger partial charge in [-0.05, 0) is 75.4 Å². The zero-order chi connectivity index (χ0) is 52.5. The van der Waals surface area contributed by atoms with E-state index in [9.17, 15) is 68.4 Å². The molecule has 0 fully saturated rings. The van der Waals surface area contributed by atoms with Crippen molar-refractivity contribution in [1.29, 1.82) is 0 Å². The molecule has 25 nitrogen and oxygen atoms in total. The number of carbonyl (C=O) groups is 10. The maximum Gasteiger partial charge on any atom is 0.326 e. The van der Waals surface area contributed by atoms with Crippen LogP contribution in [0.25, 0.3) is 0 Å². The summed E-state index contributed by atoms with van der Waals surface area (Å²) in [4.78, 5) is 137. The molecule has 1 aromatic rings. The number of imidazole rings is 1. The van der Waals surface area contributed by atoms with Crippen LogP contribution < -0.4 is 48.3 Å². The number of nitrogens with two attached hydrogens (primary N) is 1. The summed E-state index contributed by atoms with van der Waals surface area (Å²) < 4.78 is 0. The van der Waals surface area contributed by atoms with E-state index in [0.29, 0.717) is 17.9 Å². The maximum absolute atomic E-state index is 13.9. The summed E-state index contributed by atoms with van der Waals surface area (Å²) >= 11 is 2.78. The number of nitrogens with zero attached hydrogens (tertiary/aromatic N) is 1. The maximum atomic E-state index is 13.9. The molecule has 0 aliphatic carbocycles. The van der Waals surface area contributed by atoms with Gasteiger partial charge in [0.25, 0.3) is 0 Å². The molecule has 15 N–H and O–H groups in total. The summed E-state index contributed by atoms with van der Waals surface area (Å²) in [6, 6.07) is -11.3. The number of carboxylic acids is 2. The van der Waals surface area contributed by atoms with Gasteiger partial charge in [-0.25, -0.2) is 9.78 Å². The number of aliphatic hydroxyl groups is 2. The van der Waals surface area contributed by atoms with Crippen LogP contribution in [0.1, 0.15) is 79.3 Å². The molecule has 1 rings (SSSR count). The second-order valence-corrected chi connectivity index (χ2v) is 19.0. The van der Waals surface area contributed by atoms with Crippen molar-refractivity contribution in [2.24, 2.45) is 17.6 Å². The molecule has 10 atom stereocenters. The topological polar surface area (TPSA) is 403 Å². The van der Waals surface area contributed by atoms with Crippen molar-refractivity contribution in [2.45, 2.75) is 141 Å². The number of hydrogen-bond donors (Lipinski definition) is 14. The van der Waals surface area contributed by atoms with Gasteiger partial charge in [0.15, 0.2) is 0 Å². The van der Waals surface area contributed by atoms with E-state index >= 15 is 0 Å². The molecular formula is C42H71N11O14S2. The van der Waals surface area contributed by atoms with Crippen LogP contribution >= 0.6 is 23.5 Å². The van der Waals surface area contributed by atoms with E-state index in [1.54, 1.807) is 6.26 Å². The monoisotopic (exact) mass is 1020 g/mol. The number of carbonyl (C=O) groups excluding carboxylic acids is 8. The fourth-order valence-corrected chi connectivity index (χ4v) is 7.33. The molecule has 0 aliphatic rings. The number of aromatic nitrogens is 2. The lowest BCUT2D eigenvalue weighted by atomic mass is 10.0. The Bertz CT molecular complexity index is 1870. The van der Waals surface area contributed by atoms with Crippen molar-refractivity contribution in [3.05, 3.63) is 18.2 Å². The first-order valence-corrected chi connectivity index (χ1v) is 25.0. The van der Waals surface area contributed by atoms with E-state index < -0.39 is 145 Å². The number of thioether (sulfide) groups is 2. The van der Waals surface area contributed by atoms with Crippen molar-refractivity contribution in [1.82, 2.24) is 52.5 Å². The van der Waals surface area contributed by atoms with E-state index in [1.807, 2.05) is 20.1 Å². The molecule has 1 aromatic heterocycles. The zero-order valence-corrected chi connectivity index (χ0v) is 41.8. The quantitative estimate of drug-likeness (QED) is 0.0328. The Balaban J connectivity index is 3.29. The molecule has 10 unspecified atom stereocenters. The highest BCUT2D eigenvalue weighted by atomic mass is 32.2. The molecule has 69 heavy (non-hydrogen) atoms. The minimum atomic E-state index is -1.79. The van der Waals surface area contributed by atoms with Crippen molar-refractivity contribution in [3.8, 4) is 0 Å². The molecule has 0 aliphatic heterocycles. The smallest absolute Gasteiger partial charge is 0.326 e. The Labute approximate surface area is 409 Å². The molecule has 27 heteroatoms. The number of H-pyrrole nitrogens is 1. The normalized spacial score (nSPS) is 15.6. The molecular weight excluding hydrogens is 947 g/mol. The first-order chi connectivity index (χ1) is 32.3. The van der Waals surface area contributed by atoms with E-state index in [1.165, 1.54) is 56.8 Å². The highest BCUT2D eigenvalue weighted by Gasteiger charge is 2.36. The van der Waals surface area contributed by atoms with E-state index in [4.69, 9.17) is 5.73 Å². The number of hydrogen-bond acceptors (Lipinski definition) is 16. The number of aliphatic carboxylic acids is 2. The molecule has 0 saturated heterocycles. The predicted octanol–water partition coefficient (Wildman–Crippen LogP) is -3.29. The second-order valence-electron chi connectivity index (χ2n) is 17.1. The van der Waals surface area contributed by atoms with Crippen LogP contribution in [-0.2, 0) is 54.4 Å². The van der Waals surface area contributed by atoms with Crippen LogP contribution in [0.4, 0.5) is 0 Å². The fourth-order valence-electron chi connectivity index (χ4n) is 6.37. The highest BCUT2D eigenvalue weighted by molar-refractivity contribution is 7.98. The number of rotatable bonds is 33. The summed E-state index contributed by atoms with van der Waals surface area (Å²) in [6.07, 6.45) is 2.16. The molecule has 0 spiro atoms. The Morgan fingerprint density at radius 3 is 1.62 bits per heavy atom. The first-order valence-electron chi connectivity index (χ1n) is 22.2. The summed E-state index contributed by atoms with van der Waals surface area (Å²) in [5.41, 5.74) is 6.27. The standard InChI is InChI=1S/C42H71N11O14S2/c1-20(2)15-28(49-35(59)25(43)11-13-68-7)36(60)45-18-30(56)51-33(22(5)54)40(64)50-29(16-24-17-44-19-46-24)39(63)53-34(23(6)55)41(65)48-27(12-14-69-8)37(61)47-26(9-10-31(57)58)38(62)52-32(21(3)4)42(66)67/h17,19-23,25-29,32-34,54-55H,9-16,18,43H2,1-8H3,(H,44,46)(H,45,60)(H,47,61)(H,48,65)(H,49,59)(H,50,64)(H,51,56)(H,52,62)(H,53,63)(H,57,58)(H,66,67). The lowest BCUT2D eigenvalue weighted by molar-refractivity contribution is -0.144. The van der Waals surface area contributed by atoms with Gasteiger partial charge in [-0.2, -0.15) is 23.5 Å². The summed E-state index contributed by atoms with van der Waals surface area (Å²) in [5, 5.41) is 59.4. The lowest BCUT2D eigenvalue weighted by Gasteiger charge is -2.28. The van der Waals surface area contributed by atoms with Gasteiger partial charge >= 0.3 is 11.9 Å². The molecule has 0 aromatic carbocycles. The third kappa shape index (κ3) is 23.1. The first kappa shape index (κ1) is 61.5. The summed E-state index contributed by atoms with van der Waals surface area (Å²) in [7, 11) is 0. The van der Waals surface area contributed by atoms with Gasteiger partial charge in [-0.3, -0.25) is 43.2 Å². The summed E-state index contributed by atoms with van der Waals surface area (Å²) in [6.45, 7) is 8.37. The van der Waals surface area contributed by atoms with Gasteiger partial charge in [0.2, 0.25) is 47.3 Å².